The van der Waals surface area contributed by atoms with Gasteiger partial charge in [-0.05, 0) is 42.3 Å². The first kappa shape index (κ1) is 25.5. The van der Waals surface area contributed by atoms with Gasteiger partial charge in [0.05, 0.1) is 11.6 Å². The molecule has 3 aromatic carbocycles. The second kappa shape index (κ2) is 10.4. The zero-order chi connectivity index (χ0) is 27.1. The van der Waals surface area contributed by atoms with Crippen molar-refractivity contribution < 1.29 is 19.1 Å². The highest BCUT2D eigenvalue weighted by Gasteiger charge is 2.46. The summed E-state index contributed by atoms with van der Waals surface area (Å²) in [5.41, 5.74) is 3.45. The molecule has 39 heavy (non-hydrogen) atoms. The smallest absolute Gasteiger partial charge is 0.296 e. The first-order valence-corrected chi connectivity index (χ1v) is 14.6. The molecule has 194 valence electrons. The Morgan fingerprint density at radius 1 is 1.08 bits per heavy atom. The van der Waals surface area contributed by atoms with E-state index in [2.05, 4.69) is 50.4 Å². The monoisotopic (exact) mass is 617 g/mol. The number of nitrogens with zero attached hydrogens (tertiary/aromatic N) is 3. The number of halogens is 1. The SMILES string of the molecule is Cc1ccc(CSc2nnc(N3C(=O)C(O)=C(C(=O)c4cc5ccccc5o4)C3c3ccc(Br)cc3)s2)cc1. The predicted octanol–water partition coefficient (Wildman–Crippen LogP) is 7.43. The molecular weight excluding hydrogens is 598 g/mol. The molecule has 7 nitrogen and oxygen atoms in total. The van der Waals surface area contributed by atoms with Crippen LogP contribution in [0.1, 0.15) is 33.3 Å². The van der Waals surface area contributed by atoms with E-state index in [0.717, 1.165) is 15.4 Å². The van der Waals surface area contributed by atoms with E-state index in [4.69, 9.17) is 4.42 Å². The number of ketones is 1. The fraction of sp³-hybridized carbons (Fsp3) is 0.103. The zero-order valence-electron chi connectivity index (χ0n) is 20.5. The predicted molar refractivity (Wildman–Crippen MR) is 155 cm³/mol. The van der Waals surface area contributed by atoms with Gasteiger partial charge in [-0.3, -0.25) is 14.5 Å². The van der Waals surface area contributed by atoms with Gasteiger partial charge < -0.3 is 9.52 Å². The Morgan fingerprint density at radius 3 is 2.56 bits per heavy atom. The summed E-state index contributed by atoms with van der Waals surface area (Å²) in [6, 6.07) is 23.4. The van der Waals surface area contributed by atoms with Crippen molar-refractivity contribution in [3.05, 3.63) is 117 Å². The Hall–Kier alpha value is -3.73. The first-order valence-electron chi connectivity index (χ1n) is 12.0. The van der Waals surface area contributed by atoms with Crippen molar-refractivity contribution in [1.82, 2.24) is 10.2 Å². The first-order chi connectivity index (χ1) is 18.9. The Bertz CT molecular complexity index is 1710. The van der Waals surface area contributed by atoms with Crippen LogP contribution in [0.25, 0.3) is 11.0 Å². The number of benzene rings is 3. The van der Waals surface area contributed by atoms with E-state index < -0.39 is 23.5 Å². The van der Waals surface area contributed by atoms with E-state index in [0.29, 0.717) is 26.4 Å². The highest BCUT2D eigenvalue weighted by atomic mass is 79.9. The van der Waals surface area contributed by atoms with Crippen molar-refractivity contribution in [3.63, 3.8) is 0 Å². The van der Waals surface area contributed by atoms with Crippen molar-refractivity contribution >= 4 is 66.8 Å². The number of aryl methyl sites for hydroxylation is 1. The Kier molecular flexibility index (Phi) is 6.84. The van der Waals surface area contributed by atoms with Crippen LogP contribution in [0.15, 0.2) is 103 Å². The number of hydrogen-bond acceptors (Lipinski definition) is 8. The minimum atomic E-state index is -0.908. The van der Waals surface area contributed by atoms with Crippen molar-refractivity contribution in [2.75, 3.05) is 4.90 Å². The number of para-hydroxylation sites is 1. The van der Waals surface area contributed by atoms with E-state index in [9.17, 15) is 14.7 Å². The third-order valence-corrected chi connectivity index (χ3v) is 9.03. The lowest BCUT2D eigenvalue weighted by Crippen LogP contribution is -2.31. The fourth-order valence-corrected chi connectivity index (χ4v) is 6.50. The third kappa shape index (κ3) is 4.91. The summed E-state index contributed by atoms with van der Waals surface area (Å²) in [6.45, 7) is 2.04. The molecule has 0 aliphatic carbocycles. The van der Waals surface area contributed by atoms with Crippen LogP contribution in [0.4, 0.5) is 5.13 Å². The molecule has 0 bridgehead atoms. The number of rotatable bonds is 7. The minimum Gasteiger partial charge on any atom is -0.503 e. The summed E-state index contributed by atoms with van der Waals surface area (Å²) < 4.78 is 7.30. The standard InChI is InChI=1S/C29H20BrN3O4S2/c1-16-6-8-17(9-7-16)15-38-29-32-31-28(39-29)33-24(18-10-12-20(30)13-11-18)23(26(35)27(33)36)25(34)22-14-19-4-2-3-5-21(19)37-22/h2-14,24,35H,15H2,1H3. The van der Waals surface area contributed by atoms with Gasteiger partial charge in [0.1, 0.15) is 5.58 Å². The fourth-order valence-electron chi connectivity index (χ4n) is 4.41. The van der Waals surface area contributed by atoms with Crippen LogP contribution in [0.2, 0.25) is 0 Å². The lowest BCUT2D eigenvalue weighted by molar-refractivity contribution is -0.117. The van der Waals surface area contributed by atoms with Gasteiger partial charge in [0.2, 0.25) is 10.9 Å². The molecule has 0 spiro atoms. The Balaban J connectivity index is 1.35. The molecule has 3 heterocycles. The molecule has 1 unspecified atom stereocenters. The van der Waals surface area contributed by atoms with Gasteiger partial charge in [-0.2, -0.15) is 0 Å². The molecule has 10 heteroatoms. The van der Waals surface area contributed by atoms with Crippen LogP contribution < -0.4 is 4.90 Å². The van der Waals surface area contributed by atoms with Crippen LogP contribution in [0, 0.1) is 6.92 Å². The number of carbonyl (C=O) groups excluding carboxylic acids is 2. The summed E-state index contributed by atoms with van der Waals surface area (Å²) >= 11 is 6.18. The number of aromatic nitrogens is 2. The van der Waals surface area contributed by atoms with Crippen molar-refractivity contribution in [1.29, 1.82) is 0 Å². The number of amides is 1. The van der Waals surface area contributed by atoms with Gasteiger partial charge in [-0.15, -0.1) is 10.2 Å². The molecule has 1 N–H and O–H groups in total. The van der Waals surface area contributed by atoms with Crippen LogP contribution in [-0.2, 0) is 10.5 Å². The second-order valence-electron chi connectivity index (χ2n) is 8.99. The molecule has 0 saturated carbocycles. The lowest BCUT2D eigenvalue weighted by Gasteiger charge is -2.23. The molecule has 2 aromatic heterocycles. The van der Waals surface area contributed by atoms with Crippen LogP contribution >= 0.6 is 39.0 Å². The van der Waals surface area contributed by atoms with Crippen LogP contribution in [0.5, 0.6) is 0 Å². The van der Waals surface area contributed by atoms with Gasteiger partial charge in [-0.1, -0.05) is 99.2 Å². The van der Waals surface area contributed by atoms with E-state index in [1.54, 1.807) is 24.3 Å². The van der Waals surface area contributed by atoms with Gasteiger partial charge >= 0.3 is 0 Å². The number of carbonyl (C=O) groups is 2. The molecule has 1 amide bonds. The summed E-state index contributed by atoms with van der Waals surface area (Å²) in [6.07, 6.45) is 0. The molecule has 1 atom stereocenters. The molecule has 0 fully saturated rings. The van der Waals surface area contributed by atoms with Gasteiger partial charge in [0.25, 0.3) is 5.91 Å². The van der Waals surface area contributed by atoms with E-state index >= 15 is 0 Å². The number of furan rings is 1. The Morgan fingerprint density at radius 2 is 1.82 bits per heavy atom. The second-order valence-corrected chi connectivity index (χ2v) is 12.1. The lowest BCUT2D eigenvalue weighted by atomic mass is 9.95. The maximum Gasteiger partial charge on any atom is 0.296 e. The maximum atomic E-state index is 13.8. The van der Waals surface area contributed by atoms with Crippen molar-refractivity contribution in [3.8, 4) is 0 Å². The number of anilines is 1. The maximum absolute atomic E-state index is 13.8. The third-order valence-electron chi connectivity index (χ3n) is 6.37. The summed E-state index contributed by atoms with van der Waals surface area (Å²) in [5, 5.41) is 20.6. The number of thioether (sulfide) groups is 1. The quantitative estimate of drug-likeness (QED) is 0.115. The topological polar surface area (TPSA) is 96.5 Å². The van der Waals surface area contributed by atoms with Gasteiger partial charge in [0.15, 0.2) is 15.9 Å². The molecule has 0 saturated heterocycles. The highest BCUT2D eigenvalue weighted by Crippen LogP contribution is 2.44. The van der Waals surface area contributed by atoms with Crippen molar-refractivity contribution in [2.45, 2.75) is 23.1 Å². The van der Waals surface area contributed by atoms with Crippen LogP contribution in [-0.4, -0.2) is 27.0 Å². The normalized spacial score (nSPS) is 15.5. The summed E-state index contributed by atoms with van der Waals surface area (Å²) in [7, 11) is 0. The largest absolute Gasteiger partial charge is 0.503 e. The van der Waals surface area contributed by atoms with Crippen LogP contribution in [0.3, 0.4) is 0 Å². The molecular formula is C29H20BrN3O4S2. The average Bonchev–Trinajstić information content (AvgIpc) is 3.65. The zero-order valence-corrected chi connectivity index (χ0v) is 23.7. The average molecular weight is 619 g/mol. The Labute approximate surface area is 240 Å². The summed E-state index contributed by atoms with van der Waals surface area (Å²) in [4.78, 5) is 28.5. The van der Waals surface area contributed by atoms with Gasteiger partial charge in [0, 0.05) is 15.6 Å². The van der Waals surface area contributed by atoms with E-state index in [1.165, 1.54) is 33.6 Å². The molecule has 1 aliphatic heterocycles. The summed E-state index contributed by atoms with van der Waals surface area (Å²) in [5.74, 6) is -1.17. The number of Topliss-reactive ketones (excluding diaryl/α,β-unsaturated/α-hetero) is 1. The minimum absolute atomic E-state index is 0.0427. The molecule has 0 radical (unpaired) electrons. The van der Waals surface area contributed by atoms with Crippen molar-refractivity contribution in [2.24, 2.45) is 0 Å². The molecule has 6 rings (SSSR count). The number of aliphatic hydroxyl groups is 1. The number of fused-ring (bicyclic) bond motifs is 1. The van der Waals surface area contributed by atoms with E-state index in [1.807, 2.05) is 37.3 Å². The molecule has 1 aliphatic rings. The van der Waals surface area contributed by atoms with E-state index in [-0.39, 0.29) is 11.3 Å². The number of aliphatic hydroxyl groups excluding tert-OH is 1. The van der Waals surface area contributed by atoms with Gasteiger partial charge in [-0.25, -0.2) is 0 Å². The highest BCUT2D eigenvalue weighted by molar-refractivity contribution is 9.10. The number of hydrogen-bond donors (Lipinski definition) is 1. The molecule has 5 aromatic rings.